The molecule has 1 saturated heterocycles. The normalized spacial score (nSPS) is 16.9. The van der Waals surface area contributed by atoms with Gasteiger partial charge in [-0.1, -0.05) is 30.3 Å². The summed E-state index contributed by atoms with van der Waals surface area (Å²) < 4.78 is 11.9. The SMILES string of the molecule is c1ccc(CN(Cc2ccc(Sc3ncccn3)o2)CC2CCCO2)cc1. The molecule has 4 rings (SSSR count). The van der Waals surface area contributed by atoms with Crippen LogP contribution in [0.25, 0.3) is 0 Å². The first-order chi connectivity index (χ1) is 13.3. The van der Waals surface area contributed by atoms with Crippen LogP contribution in [0.15, 0.2) is 75.6 Å². The van der Waals surface area contributed by atoms with Gasteiger partial charge in [0, 0.05) is 32.1 Å². The summed E-state index contributed by atoms with van der Waals surface area (Å²) in [7, 11) is 0. The van der Waals surface area contributed by atoms with Gasteiger partial charge in [0.1, 0.15) is 5.76 Å². The van der Waals surface area contributed by atoms with Crippen molar-refractivity contribution in [1.29, 1.82) is 0 Å². The Balaban J connectivity index is 1.42. The molecule has 0 N–H and O–H groups in total. The summed E-state index contributed by atoms with van der Waals surface area (Å²) in [6.45, 7) is 3.43. The molecule has 3 heterocycles. The summed E-state index contributed by atoms with van der Waals surface area (Å²) in [5.41, 5.74) is 1.30. The average Bonchev–Trinajstić information content (AvgIpc) is 3.36. The number of furan rings is 1. The van der Waals surface area contributed by atoms with E-state index in [1.165, 1.54) is 17.3 Å². The van der Waals surface area contributed by atoms with Crippen LogP contribution >= 0.6 is 11.8 Å². The Bertz CT molecular complexity index is 820. The molecule has 0 spiro atoms. The molecule has 0 bridgehead atoms. The molecule has 1 fully saturated rings. The largest absolute Gasteiger partial charge is 0.453 e. The minimum absolute atomic E-state index is 0.315. The lowest BCUT2D eigenvalue weighted by atomic mass is 10.2. The van der Waals surface area contributed by atoms with Gasteiger partial charge in [-0.15, -0.1) is 0 Å². The first-order valence-electron chi connectivity index (χ1n) is 9.26. The first kappa shape index (κ1) is 18.2. The van der Waals surface area contributed by atoms with Crippen molar-refractivity contribution in [2.24, 2.45) is 0 Å². The second kappa shape index (κ2) is 9.17. The van der Waals surface area contributed by atoms with Gasteiger partial charge in [-0.05, 0) is 48.4 Å². The Morgan fingerprint density at radius 3 is 2.63 bits per heavy atom. The van der Waals surface area contributed by atoms with Crippen LogP contribution in [-0.2, 0) is 17.8 Å². The zero-order valence-electron chi connectivity index (χ0n) is 15.2. The molecule has 3 aromatic rings. The van der Waals surface area contributed by atoms with Gasteiger partial charge >= 0.3 is 0 Å². The Kier molecular flexibility index (Phi) is 6.19. The summed E-state index contributed by atoms with van der Waals surface area (Å²) in [4.78, 5) is 10.9. The van der Waals surface area contributed by atoms with Crippen molar-refractivity contribution in [2.45, 2.75) is 42.3 Å². The minimum Gasteiger partial charge on any atom is -0.453 e. The highest BCUT2D eigenvalue weighted by Gasteiger charge is 2.20. The summed E-state index contributed by atoms with van der Waals surface area (Å²) in [5, 5.41) is 1.51. The van der Waals surface area contributed by atoms with E-state index in [2.05, 4.69) is 45.2 Å². The third-order valence-corrected chi connectivity index (χ3v) is 5.30. The van der Waals surface area contributed by atoms with E-state index in [4.69, 9.17) is 9.15 Å². The van der Waals surface area contributed by atoms with Crippen molar-refractivity contribution in [3.05, 3.63) is 72.2 Å². The van der Waals surface area contributed by atoms with E-state index >= 15 is 0 Å². The highest BCUT2D eigenvalue weighted by atomic mass is 32.2. The van der Waals surface area contributed by atoms with Gasteiger partial charge in [-0.3, -0.25) is 4.90 Å². The summed E-state index contributed by atoms with van der Waals surface area (Å²) >= 11 is 1.44. The molecule has 1 aliphatic heterocycles. The summed E-state index contributed by atoms with van der Waals surface area (Å²) in [6.07, 6.45) is 6.08. The lowest BCUT2D eigenvalue weighted by Gasteiger charge is -2.24. The number of ether oxygens (including phenoxy) is 1. The van der Waals surface area contributed by atoms with Gasteiger partial charge in [0.2, 0.25) is 0 Å². The van der Waals surface area contributed by atoms with Crippen molar-refractivity contribution in [2.75, 3.05) is 13.2 Å². The Morgan fingerprint density at radius 1 is 1.00 bits per heavy atom. The number of aromatic nitrogens is 2. The third-order valence-electron chi connectivity index (χ3n) is 4.49. The highest BCUT2D eigenvalue weighted by Crippen LogP contribution is 2.27. The fourth-order valence-corrected chi connectivity index (χ4v) is 3.94. The lowest BCUT2D eigenvalue weighted by Crippen LogP contribution is -2.31. The highest BCUT2D eigenvalue weighted by molar-refractivity contribution is 7.99. The molecule has 1 aromatic carbocycles. The van der Waals surface area contributed by atoms with E-state index in [9.17, 15) is 0 Å². The standard InChI is InChI=1S/C21H23N3O2S/c1-2-6-17(7-3-1)14-24(15-18-8-4-13-25-18)16-19-9-10-20(26-19)27-21-22-11-5-12-23-21/h1-3,5-7,9-12,18H,4,8,13-16H2. The van der Waals surface area contributed by atoms with Crippen LogP contribution in [-0.4, -0.2) is 34.1 Å². The van der Waals surface area contributed by atoms with Crippen LogP contribution in [0.5, 0.6) is 0 Å². The minimum atomic E-state index is 0.315. The van der Waals surface area contributed by atoms with Gasteiger partial charge in [0.05, 0.1) is 12.6 Å². The van der Waals surface area contributed by atoms with E-state index in [1.54, 1.807) is 12.4 Å². The van der Waals surface area contributed by atoms with Crippen LogP contribution in [0.4, 0.5) is 0 Å². The van der Waals surface area contributed by atoms with E-state index in [1.807, 2.05) is 18.2 Å². The van der Waals surface area contributed by atoms with Crippen LogP contribution in [0.1, 0.15) is 24.2 Å². The van der Waals surface area contributed by atoms with Crippen LogP contribution in [0.3, 0.4) is 0 Å². The molecule has 0 aliphatic carbocycles. The Morgan fingerprint density at radius 2 is 1.85 bits per heavy atom. The quantitative estimate of drug-likeness (QED) is 0.539. The number of rotatable bonds is 8. The topological polar surface area (TPSA) is 51.4 Å². The second-order valence-electron chi connectivity index (χ2n) is 6.64. The summed E-state index contributed by atoms with van der Waals surface area (Å²) in [6, 6.07) is 16.4. The van der Waals surface area contributed by atoms with Gasteiger partial charge < -0.3 is 9.15 Å². The summed E-state index contributed by atoms with van der Waals surface area (Å²) in [5.74, 6) is 0.947. The fraction of sp³-hybridized carbons (Fsp3) is 0.333. The number of hydrogen-bond donors (Lipinski definition) is 0. The molecule has 1 atom stereocenters. The van der Waals surface area contributed by atoms with Gasteiger partial charge in [-0.25, -0.2) is 9.97 Å². The molecule has 2 aromatic heterocycles. The second-order valence-corrected chi connectivity index (χ2v) is 7.62. The molecule has 5 nitrogen and oxygen atoms in total. The molecular formula is C21H23N3O2S. The molecule has 27 heavy (non-hydrogen) atoms. The molecule has 1 aliphatic rings. The number of benzene rings is 1. The molecule has 6 heteroatoms. The zero-order valence-corrected chi connectivity index (χ0v) is 16.0. The van der Waals surface area contributed by atoms with Gasteiger partial charge in [0.15, 0.2) is 10.2 Å². The maximum Gasteiger partial charge on any atom is 0.195 e. The van der Waals surface area contributed by atoms with Crippen molar-refractivity contribution in [3.8, 4) is 0 Å². The Labute approximate surface area is 163 Å². The monoisotopic (exact) mass is 381 g/mol. The maximum absolute atomic E-state index is 6.02. The van der Waals surface area contributed by atoms with Crippen LogP contribution in [0.2, 0.25) is 0 Å². The zero-order chi connectivity index (χ0) is 18.3. The average molecular weight is 382 g/mol. The van der Waals surface area contributed by atoms with Crippen molar-refractivity contribution in [3.63, 3.8) is 0 Å². The molecule has 1 unspecified atom stereocenters. The predicted octanol–water partition coefficient (Wildman–Crippen LogP) is 4.40. The smallest absolute Gasteiger partial charge is 0.195 e. The van der Waals surface area contributed by atoms with Gasteiger partial charge in [-0.2, -0.15) is 0 Å². The molecular weight excluding hydrogens is 358 g/mol. The fourth-order valence-electron chi connectivity index (χ4n) is 3.25. The van der Waals surface area contributed by atoms with Gasteiger partial charge in [0.25, 0.3) is 0 Å². The molecule has 0 radical (unpaired) electrons. The molecule has 140 valence electrons. The first-order valence-corrected chi connectivity index (χ1v) is 10.1. The van der Waals surface area contributed by atoms with E-state index in [-0.39, 0.29) is 0 Å². The van der Waals surface area contributed by atoms with E-state index in [0.29, 0.717) is 11.3 Å². The van der Waals surface area contributed by atoms with E-state index < -0.39 is 0 Å². The number of nitrogens with zero attached hydrogens (tertiary/aromatic N) is 3. The lowest BCUT2D eigenvalue weighted by molar-refractivity contribution is 0.0650. The Hall–Kier alpha value is -2.15. The predicted molar refractivity (Wildman–Crippen MR) is 104 cm³/mol. The van der Waals surface area contributed by atoms with Crippen LogP contribution < -0.4 is 0 Å². The van der Waals surface area contributed by atoms with Crippen molar-refractivity contribution in [1.82, 2.24) is 14.9 Å². The van der Waals surface area contributed by atoms with Crippen molar-refractivity contribution < 1.29 is 9.15 Å². The number of hydrogen-bond acceptors (Lipinski definition) is 6. The van der Waals surface area contributed by atoms with Crippen molar-refractivity contribution >= 4 is 11.8 Å². The maximum atomic E-state index is 6.02. The van der Waals surface area contributed by atoms with E-state index in [0.717, 1.165) is 49.9 Å². The third kappa shape index (κ3) is 5.42. The molecule has 0 saturated carbocycles. The van der Waals surface area contributed by atoms with Crippen LogP contribution in [0, 0.1) is 0 Å². The molecule has 0 amide bonds.